The van der Waals surface area contributed by atoms with Crippen LogP contribution in [0.1, 0.15) is 21.7 Å². The molecule has 0 radical (unpaired) electrons. The number of halogens is 2. The van der Waals surface area contributed by atoms with E-state index in [1.807, 2.05) is 0 Å². The third-order valence-corrected chi connectivity index (χ3v) is 3.05. The second kappa shape index (κ2) is 5.14. The highest BCUT2D eigenvalue weighted by Gasteiger charge is 2.19. The second-order valence-electron chi connectivity index (χ2n) is 4.69. The lowest BCUT2D eigenvalue weighted by molar-refractivity contribution is 0.102. The van der Waals surface area contributed by atoms with Crippen LogP contribution in [0.3, 0.4) is 0 Å². The van der Waals surface area contributed by atoms with E-state index in [2.05, 4.69) is 20.4 Å². The lowest BCUT2D eigenvalue weighted by Crippen LogP contribution is -2.15. The SMILES string of the molecule is Cc1cc(C(=O)Nc2ccc(F)nc2F)c2c(C)noc2n1. The Hall–Kier alpha value is -2.90. The van der Waals surface area contributed by atoms with Crippen LogP contribution in [0.2, 0.25) is 0 Å². The van der Waals surface area contributed by atoms with E-state index in [0.29, 0.717) is 16.8 Å². The van der Waals surface area contributed by atoms with Gasteiger partial charge in [0.1, 0.15) is 0 Å². The first-order valence-corrected chi connectivity index (χ1v) is 6.32. The van der Waals surface area contributed by atoms with Crippen molar-refractivity contribution >= 4 is 22.7 Å². The van der Waals surface area contributed by atoms with E-state index in [1.54, 1.807) is 13.8 Å². The fourth-order valence-corrected chi connectivity index (χ4v) is 2.09. The van der Waals surface area contributed by atoms with Crippen LogP contribution in [0.5, 0.6) is 0 Å². The number of aromatic nitrogens is 3. The van der Waals surface area contributed by atoms with Crippen molar-refractivity contribution in [2.24, 2.45) is 0 Å². The van der Waals surface area contributed by atoms with Crippen LogP contribution in [0, 0.1) is 25.7 Å². The number of hydrogen-bond donors (Lipinski definition) is 1. The summed E-state index contributed by atoms with van der Waals surface area (Å²) >= 11 is 0. The second-order valence-corrected chi connectivity index (χ2v) is 4.69. The summed E-state index contributed by atoms with van der Waals surface area (Å²) in [7, 11) is 0. The Bertz CT molecular complexity index is 892. The number of aryl methyl sites for hydroxylation is 2. The van der Waals surface area contributed by atoms with E-state index in [9.17, 15) is 13.6 Å². The maximum Gasteiger partial charge on any atom is 0.258 e. The van der Waals surface area contributed by atoms with Crippen molar-refractivity contribution in [3.63, 3.8) is 0 Å². The maximum absolute atomic E-state index is 13.5. The minimum Gasteiger partial charge on any atom is -0.336 e. The van der Waals surface area contributed by atoms with Gasteiger partial charge in [-0.25, -0.2) is 4.98 Å². The number of amides is 1. The van der Waals surface area contributed by atoms with Gasteiger partial charge in [-0.1, -0.05) is 5.16 Å². The van der Waals surface area contributed by atoms with Gasteiger partial charge >= 0.3 is 0 Å². The molecule has 0 aliphatic rings. The third kappa shape index (κ3) is 2.39. The molecular weight excluding hydrogens is 294 g/mol. The molecule has 0 unspecified atom stereocenters. The zero-order valence-corrected chi connectivity index (χ0v) is 11.6. The van der Waals surface area contributed by atoms with Gasteiger partial charge in [0, 0.05) is 5.69 Å². The Morgan fingerprint density at radius 2 is 2.00 bits per heavy atom. The number of carbonyl (C=O) groups excluding carboxylic acids is 1. The predicted octanol–water partition coefficient (Wildman–Crippen LogP) is 2.77. The minimum atomic E-state index is -1.10. The molecule has 0 aliphatic carbocycles. The number of carbonyl (C=O) groups is 1. The summed E-state index contributed by atoms with van der Waals surface area (Å²) in [5, 5.41) is 6.56. The lowest BCUT2D eigenvalue weighted by Gasteiger charge is -2.07. The summed E-state index contributed by atoms with van der Waals surface area (Å²) in [6.07, 6.45) is 0. The Balaban J connectivity index is 2.03. The molecule has 0 saturated heterocycles. The van der Waals surface area contributed by atoms with E-state index in [4.69, 9.17) is 4.52 Å². The molecule has 3 aromatic heterocycles. The van der Waals surface area contributed by atoms with Gasteiger partial charge < -0.3 is 9.84 Å². The van der Waals surface area contributed by atoms with Crippen molar-refractivity contribution in [1.82, 2.24) is 15.1 Å². The average Bonchev–Trinajstić information content (AvgIpc) is 2.82. The van der Waals surface area contributed by atoms with Crippen LogP contribution in [-0.2, 0) is 0 Å². The summed E-state index contributed by atoms with van der Waals surface area (Å²) in [4.78, 5) is 19.5. The molecule has 22 heavy (non-hydrogen) atoms. The summed E-state index contributed by atoms with van der Waals surface area (Å²) < 4.78 is 31.4. The molecule has 0 bridgehead atoms. The van der Waals surface area contributed by atoms with Crippen LogP contribution < -0.4 is 5.32 Å². The molecule has 3 rings (SSSR count). The van der Waals surface area contributed by atoms with Crippen LogP contribution in [0.15, 0.2) is 22.7 Å². The van der Waals surface area contributed by atoms with Crippen LogP contribution in [-0.4, -0.2) is 21.0 Å². The first kappa shape index (κ1) is 14.1. The molecule has 0 fully saturated rings. The Kier molecular flexibility index (Phi) is 3.28. The van der Waals surface area contributed by atoms with E-state index in [1.165, 1.54) is 6.07 Å². The average molecular weight is 304 g/mol. The largest absolute Gasteiger partial charge is 0.336 e. The fraction of sp³-hybridized carbons (Fsp3) is 0.143. The Morgan fingerprint density at radius 3 is 2.73 bits per heavy atom. The van der Waals surface area contributed by atoms with Gasteiger partial charge in [-0.3, -0.25) is 4.79 Å². The monoisotopic (exact) mass is 304 g/mol. The molecule has 112 valence electrons. The van der Waals surface area contributed by atoms with E-state index in [-0.39, 0.29) is 17.0 Å². The predicted molar refractivity (Wildman–Crippen MR) is 73.4 cm³/mol. The summed E-state index contributed by atoms with van der Waals surface area (Å²) in [5.74, 6) is -2.65. The highest BCUT2D eigenvalue weighted by atomic mass is 19.1. The summed E-state index contributed by atoms with van der Waals surface area (Å²) in [5.41, 5.74) is 1.28. The third-order valence-electron chi connectivity index (χ3n) is 3.05. The van der Waals surface area contributed by atoms with Gasteiger partial charge in [-0.05, 0) is 32.0 Å². The number of hydrogen-bond acceptors (Lipinski definition) is 5. The van der Waals surface area contributed by atoms with E-state index in [0.717, 1.165) is 12.1 Å². The first-order valence-electron chi connectivity index (χ1n) is 6.32. The van der Waals surface area contributed by atoms with Crippen molar-refractivity contribution in [3.8, 4) is 0 Å². The molecule has 1 N–H and O–H groups in total. The molecule has 1 amide bonds. The van der Waals surface area contributed by atoms with Crippen LogP contribution in [0.4, 0.5) is 14.5 Å². The fourth-order valence-electron chi connectivity index (χ4n) is 2.09. The number of nitrogens with zero attached hydrogens (tertiary/aromatic N) is 3. The number of anilines is 1. The molecular formula is C14H10F2N4O2. The van der Waals surface area contributed by atoms with Crippen molar-refractivity contribution in [2.75, 3.05) is 5.32 Å². The highest BCUT2D eigenvalue weighted by molar-refractivity contribution is 6.12. The van der Waals surface area contributed by atoms with Crippen molar-refractivity contribution in [1.29, 1.82) is 0 Å². The molecule has 3 heterocycles. The Labute approximate surface area is 123 Å². The lowest BCUT2D eigenvalue weighted by atomic mass is 10.1. The number of rotatable bonds is 2. The highest BCUT2D eigenvalue weighted by Crippen LogP contribution is 2.23. The number of nitrogens with one attached hydrogen (secondary N) is 1. The summed E-state index contributed by atoms with van der Waals surface area (Å²) in [6.45, 7) is 3.35. The molecule has 0 saturated carbocycles. The molecule has 8 heteroatoms. The molecule has 6 nitrogen and oxygen atoms in total. The van der Waals surface area contributed by atoms with Gasteiger partial charge in [-0.2, -0.15) is 13.8 Å². The van der Waals surface area contributed by atoms with E-state index >= 15 is 0 Å². The Morgan fingerprint density at radius 1 is 1.23 bits per heavy atom. The van der Waals surface area contributed by atoms with Gasteiger partial charge in [0.05, 0.1) is 22.3 Å². The standard InChI is InChI=1S/C14H10F2N4O2/c1-6-5-8(11-7(2)20-22-14(11)17-6)13(21)18-9-3-4-10(15)19-12(9)16/h3-5H,1-2H3,(H,18,21). The summed E-state index contributed by atoms with van der Waals surface area (Å²) in [6, 6.07) is 3.59. The van der Waals surface area contributed by atoms with Crippen molar-refractivity contribution < 1.29 is 18.1 Å². The van der Waals surface area contributed by atoms with Crippen molar-refractivity contribution in [2.45, 2.75) is 13.8 Å². The van der Waals surface area contributed by atoms with Gasteiger partial charge in [-0.15, -0.1) is 0 Å². The van der Waals surface area contributed by atoms with Gasteiger partial charge in [0.25, 0.3) is 11.6 Å². The van der Waals surface area contributed by atoms with Gasteiger partial charge in [0.15, 0.2) is 0 Å². The topological polar surface area (TPSA) is 80.9 Å². The molecule has 0 spiro atoms. The van der Waals surface area contributed by atoms with E-state index < -0.39 is 17.8 Å². The molecule has 3 aromatic rings. The smallest absolute Gasteiger partial charge is 0.258 e. The quantitative estimate of drug-likeness (QED) is 0.736. The molecule has 0 atom stereocenters. The minimum absolute atomic E-state index is 0.219. The molecule has 0 aromatic carbocycles. The molecule has 0 aliphatic heterocycles. The zero-order valence-electron chi connectivity index (χ0n) is 11.6. The van der Waals surface area contributed by atoms with Crippen LogP contribution in [0.25, 0.3) is 11.1 Å². The normalized spacial score (nSPS) is 10.9. The first-order chi connectivity index (χ1) is 10.5. The maximum atomic E-state index is 13.5. The van der Waals surface area contributed by atoms with Gasteiger partial charge in [0.2, 0.25) is 11.9 Å². The zero-order chi connectivity index (χ0) is 15.9. The number of pyridine rings is 2. The van der Waals surface area contributed by atoms with Crippen LogP contribution >= 0.6 is 0 Å². The van der Waals surface area contributed by atoms with Crippen molar-refractivity contribution in [3.05, 3.63) is 47.0 Å². The number of fused-ring (bicyclic) bond motifs is 1.